The van der Waals surface area contributed by atoms with Gasteiger partial charge in [0.15, 0.2) is 0 Å². The fourth-order valence-corrected chi connectivity index (χ4v) is 13.4. The fourth-order valence-electron chi connectivity index (χ4n) is 13.2. The van der Waals surface area contributed by atoms with E-state index in [0.29, 0.717) is 35.5 Å². The van der Waals surface area contributed by atoms with Crippen LogP contribution < -0.4 is 24.8 Å². The summed E-state index contributed by atoms with van der Waals surface area (Å²) < 4.78 is 0. The van der Waals surface area contributed by atoms with Crippen molar-refractivity contribution in [2.24, 2.45) is 9.98 Å². The average molecular weight is 971 g/mol. The van der Waals surface area contributed by atoms with Crippen LogP contribution in [0.1, 0.15) is 287 Å². The molecule has 64 heavy (non-hydrogen) atoms. The van der Waals surface area contributed by atoms with Crippen molar-refractivity contribution in [3.8, 4) is 0 Å². The number of hydrogen-bond acceptors (Lipinski definition) is 3. The number of aromatic nitrogens is 1. The molecule has 1 radical (unpaired) electrons. The summed E-state index contributed by atoms with van der Waals surface area (Å²) in [5.74, 6) is 3.82. The van der Waals surface area contributed by atoms with E-state index in [1.807, 2.05) is 0 Å². The first-order valence-electron chi connectivity index (χ1n) is 26.1. The second-order valence-electron chi connectivity index (χ2n) is 21.1. The van der Waals surface area contributed by atoms with Crippen LogP contribution in [0.4, 0.5) is 11.4 Å². The molecule has 0 bridgehead atoms. The van der Waals surface area contributed by atoms with Gasteiger partial charge < -0.3 is 24.8 Å². The molecular formula is C57H78Cl3CoN3. The zero-order valence-electron chi connectivity index (χ0n) is 39.5. The van der Waals surface area contributed by atoms with Crippen molar-refractivity contribution in [2.45, 2.75) is 242 Å². The summed E-state index contributed by atoms with van der Waals surface area (Å²) >= 11 is 7.12. The summed E-state index contributed by atoms with van der Waals surface area (Å²) in [6.45, 7) is 4.40. The third-order valence-corrected chi connectivity index (χ3v) is 17.0. The van der Waals surface area contributed by atoms with Gasteiger partial charge in [-0.2, -0.15) is 0 Å². The van der Waals surface area contributed by atoms with E-state index in [9.17, 15) is 0 Å². The second kappa shape index (κ2) is 25.1. The molecule has 6 saturated carbocycles. The largest absolute Gasteiger partial charge is 2.00 e. The van der Waals surface area contributed by atoms with Crippen molar-refractivity contribution in [3.63, 3.8) is 0 Å². The molecule has 3 nitrogen and oxygen atoms in total. The van der Waals surface area contributed by atoms with Crippen molar-refractivity contribution < 1.29 is 41.6 Å². The van der Waals surface area contributed by atoms with Crippen molar-refractivity contribution in [1.82, 2.24) is 4.98 Å². The van der Waals surface area contributed by atoms with Crippen LogP contribution in [0, 0.1) is 0 Å². The molecule has 0 atom stereocenters. The number of aliphatic imine (C=N–C) groups is 2. The van der Waals surface area contributed by atoms with Crippen LogP contribution in [0.25, 0.3) is 0 Å². The first-order valence-corrected chi connectivity index (χ1v) is 26.5. The van der Waals surface area contributed by atoms with Gasteiger partial charge in [-0.25, -0.2) is 4.98 Å². The van der Waals surface area contributed by atoms with Crippen LogP contribution in [-0.2, 0) is 16.8 Å². The summed E-state index contributed by atoms with van der Waals surface area (Å²) in [5, 5.41) is 0.726. The fraction of sp³-hybridized carbons (Fsp3) is 0.667. The van der Waals surface area contributed by atoms with Gasteiger partial charge in [0.1, 0.15) is 0 Å². The van der Waals surface area contributed by atoms with Crippen LogP contribution in [0.5, 0.6) is 0 Å². The van der Waals surface area contributed by atoms with Crippen LogP contribution in [0.3, 0.4) is 0 Å². The first-order chi connectivity index (χ1) is 30.0. The van der Waals surface area contributed by atoms with Gasteiger partial charge in [0.25, 0.3) is 0 Å². The quantitative estimate of drug-likeness (QED) is 0.187. The maximum absolute atomic E-state index is 7.12. The molecule has 6 aliphatic rings. The number of halogens is 3. The zero-order chi connectivity index (χ0) is 41.5. The standard InChI is InChI=1S/C57H78ClN3.2ClH.Co/c1-39(59-56-50(43-25-13-5-14-26-43)33-47(41-21-9-3-10-22-41)34-51(56)44-27-15-6-16-28-44)54-37-49(58)38-55(61-54)40(2)60-57-52(45-29-17-7-18-30-45)35-48(42-23-11-4-12-24-42)36-53(57)46-31-19-8-20-32-46;;;/h33-38,41-46H,3-32H2,1-2H3;2*1H;/q;;;+2/p-2. The summed E-state index contributed by atoms with van der Waals surface area (Å²) in [6.07, 6.45) is 40.3. The van der Waals surface area contributed by atoms with Crippen molar-refractivity contribution in [2.75, 3.05) is 0 Å². The van der Waals surface area contributed by atoms with Crippen LogP contribution in [0.15, 0.2) is 46.4 Å². The van der Waals surface area contributed by atoms with Gasteiger partial charge >= 0.3 is 16.8 Å². The summed E-state index contributed by atoms with van der Waals surface area (Å²) in [7, 11) is 0. The van der Waals surface area contributed by atoms with Gasteiger partial charge in [0.2, 0.25) is 0 Å². The Morgan fingerprint density at radius 3 is 0.875 bits per heavy atom. The van der Waals surface area contributed by atoms with E-state index in [1.54, 1.807) is 33.4 Å². The molecule has 6 aliphatic carbocycles. The van der Waals surface area contributed by atoms with Gasteiger partial charge in [-0.1, -0.05) is 151 Å². The minimum absolute atomic E-state index is 0. The molecule has 2 aromatic carbocycles. The number of hydrogen-bond donors (Lipinski definition) is 0. The Labute approximate surface area is 416 Å². The Morgan fingerprint density at radius 1 is 0.391 bits per heavy atom. The van der Waals surface area contributed by atoms with Crippen LogP contribution in [0.2, 0.25) is 5.02 Å². The minimum atomic E-state index is 0. The molecule has 7 heteroatoms. The zero-order valence-corrected chi connectivity index (χ0v) is 42.8. The van der Waals surface area contributed by atoms with Gasteiger partial charge in [-0.15, -0.1) is 0 Å². The predicted molar refractivity (Wildman–Crippen MR) is 261 cm³/mol. The van der Waals surface area contributed by atoms with E-state index >= 15 is 0 Å². The number of pyridine rings is 1. The molecule has 3 aromatic rings. The first kappa shape index (κ1) is 51.7. The average Bonchev–Trinajstić information content (AvgIpc) is 3.33. The Morgan fingerprint density at radius 2 is 0.625 bits per heavy atom. The maximum Gasteiger partial charge on any atom is 2.00 e. The SMILES string of the molecule is CC(=Nc1c(C2CCCCC2)cc(C2CCCCC2)cc1C1CCCCC1)c1cc(Cl)cc(C(C)=Nc2c(C3CCCCC3)cc(C3CCCCC3)cc2C2CCCCC2)n1.[Cl-].[Cl-].[Co+2]. The van der Waals surface area contributed by atoms with Crippen LogP contribution in [-0.4, -0.2) is 16.4 Å². The number of benzene rings is 2. The van der Waals surface area contributed by atoms with E-state index in [1.165, 1.54) is 204 Å². The van der Waals surface area contributed by atoms with Gasteiger partial charge in [-0.3, -0.25) is 9.98 Å². The molecule has 0 saturated heterocycles. The maximum atomic E-state index is 7.12. The molecule has 351 valence electrons. The Kier molecular flexibility index (Phi) is 20.2. The molecule has 0 spiro atoms. The third-order valence-electron chi connectivity index (χ3n) is 16.8. The normalized spacial score (nSPS) is 22.0. The van der Waals surface area contributed by atoms with Gasteiger partial charge in [0.05, 0.1) is 34.2 Å². The van der Waals surface area contributed by atoms with Crippen molar-refractivity contribution in [1.29, 1.82) is 0 Å². The Bertz CT molecular complexity index is 1790. The molecule has 9 rings (SSSR count). The molecule has 1 aromatic heterocycles. The van der Waals surface area contributed by atoms with E-state index in [4.69, 9.17) is 26.6 Å². The Balaban J connectivity index is 0.00000227. The van der Waals surface area contributed by atoms with E-state index in [2.05, 4.69) is 50.2 Å². The topological polar surface area (TPSA) is 37.6 Å². The Hall–Kier alpha value is -1.69. The molecule has 0 N–H and O–H groups in total. The summed E-state index contributed by atoms with van der Waals surface area (Å²) in [4.78, 5) is 16.9. The van der Waals surface area contributed by atoms with E-state index in [0.717, 1.165) is 27.8 Å². The second-order valence-corrected chi connectivity index (χ2v) is 21.5. The smallest absolute Gasteiger partial charge is 1.00 e. The van der Waals surface area contributed by atoms with Crippen molar-refractivity contribution >= 4 is 34.4 Å². The molecule has 6 fully saturated rings. The van der Waals surface area contributed by atoms with E-state index < -0.39 is 0 Å². The van der Waals surface area contributed by atoms with Gasteiger partial charge in [0, 0.05) is 5.02 Å². The summed E-state index contributed by atoms with van der Waals surface area (Å²) in [6, 6.07) is 14.8. The number of rotatable bonds is 10. The predicted octanol–water partition coefficient (Wildman–Crippen LogP) is 12.3. The van der Waals surface area contributed by atoms with Crippen molar-refractivity contribution in [3.05, 3.63) is 86.2 Å². The van der Waals surface area contributed by atoms with E-state index in [-0.39, 0.29) is 41.6 Å². The molecule has 1 heterocycles. The minimum Gasteiger partial charge on any atom is -1.00 e. The molecular weight excluding hydrogens is 892 g/mol. The molecule has 0 aliphatic heterocycles. The molecule has 0 unspecified atom stereocenters. The summed E-state index contributed by atoms with van der Waals surface area (Å²) in [5.41, 5.74) is 15.8. The monoisotopic (exact) mass is 968 g/mol. The van der Waals surface area contributed by atoms with Crippen LogP contribution >= 0.6 is 11.6 Å². The molecule has 0 amide bonds. The number of nitrogens with zero attached hydrogens (tertiary/aromatic N) is 3. The third kappa shape index (κ3) is 12.5. The van der Waals surface area contributed by atoms with Gasteiger partial charge in [-0.05, 0) is 172 Å².